The molecule has 0 fully saturated rings. The topological polar surface area (TPSA) is 92.6 Å². The van der Waals surface area contributed by atoms with Crippen LogP contribution in [0, 0.1) is 0 Å². The summed E-state index contributed by atoms with van der Waals surface area (Å²) in [5.41, 5.74) is 5.48. The molecule has 80 valence electrons. The molecule has 0 spiro atoms. The summed E-state index contributed by atoms with van der Waals surface area (Å²) in [4.78, 5) is 10.9. The second-order valence-corrected chi connectivity index (χ2v) is 3.15. The number of carboxylic acid groups (broad SMARTS) is 1. The van der Waals surface area contributed by atoms with Gasteiger partial charge >= 0.3 is 5.97 Å². The minimum atomic E-state index is -1.10. The lowest BCUT2D eigenvalue weighted by Gasteiger charge is -2.15. The van der Waals surface area contributed by atoms with Crippen molar-refractivity contribution < 1.29 is 9.90 Å². The molecule has 0 bridgehead atoms. The molecule has 0 aliphatic carbocycles. The quantitative estimate of drug-likeness (QED) is 0.532. The lowest BCUT2D eigenvalue weighted by atomic mass is 10.2. The molecular weight excluding hydrogens is 218 g/mol. The molecule has 0 amide bonds. The molecule has 0 heterocycles. The Morgan fingerprint density at radius 1 is 1.53 bits per heavy atom. The number of aromatic carboxylic acids is 1. The number of hydrogen-bond acceptors (Lipinski definition) is 4. The zero-order chi connectivity index (χ0) is 11.4. The normalized spacial score (nSPS) is 10.5. The molecule has 0 radical (unpaired) electrons. The molecule has 5 N–H and O–H groups in total. The standard InChI is InChI=1S/C9H10ClN3O2/c10-6-1-2-8(13(12)4-3-11)7(5-6)9(14)15/h1-5H,11-12H2,(H,14,15)/b4-3-. The Balaban J connectivity index is 3.22. The van der Waals surface area contributed by atoms with E-state index in [1.165, 1.54) is 24.5 Å². The van der Waals surface area contributed by atoms with Crippen LogP contribution in [0.3, 0.4) is 0 Å². The number of halogens is 1. The van der Waals surface area contributed by atoms with Gasteiger partial charge in [0, 0.05) is 17.4 Å². The van der Waals surface area contributed by atoms with Gasteiger partial charge in [-0.3, -0.25) is 5.01 Å². The first-order chi connectivity index (χ1) is 7.06. The summed E-state index contributed by atoms with van der Waals surface area (Å²) in [6, 6.07) is 4.38. The molecule has 5 nitrogen and oxygen atoms in total. The van der Waals surface area contributed by atoms with Gasteiger partial charge in [0.15, 0.2) is 0 Å². The van der Waals surface area contributed by atoms with Gasteiger partial charge < -0.3 is 10.8 Å². The number of hydrazine groups is 1. The molecule has 0 aliphatic heterocycles. The number of nitrogens with two attached hydrogens (primary N) is 2. The van der Waals surface area contributed by atoms with Crippen molar-refractivity contribution >= 4 is 23.3 Å². The highest BCUT2D eigenvalue weighted by Gasteiger charge is 2.12. The molecule has 0 saturated heterocycles. The van der Waals surface area contributed by atoms with E-state index in [4.69, 9.17) is 28.3 Å². The number of anilines is 1. The smallest absolute Gasteiger partial charge is 0.337 e. The summed E-state index contributed by atoms with van der Waals surface area (Å²) in [5, 5.41) is 10.4. The van der Waals surface area contributed by atoms with Crippen LogP contribution in [0.4, 0.5) is 5.69 Å². The van der Waals surface area contributed by atoms with Crippen LogP contribution in [0.2, 0.25) is 5.02 Å². The van der Waals surface area contributed by atoms with E-state index in [2.05, 4.69) is 0 Å². The Bertz CT molecular complexity index is 406. The molecular formula is C9H10ClN3O2. The first kappa shape index (κ1) is 11.4. The van der Waals surface area contributed by atoms with Crippen molar-refractivity contribution in [3.05, 3.63) is 41.2 Å². The minimum absolute atomic E-state index is 0.0168. The van der Waals surface area contributed by atoms with Crippen molar-refractivity contribution in [3.63, 3.8) is 0 Å². The number of carbonyl (C=O) groups is 1. The lowest BCUT2D eigenvalue weighted by molar-refractivity contribution is 0.0697. The predicted molar refractivity (Wildman–Crippen MR) is 58.4 cm³/mol. The first-order valence-corrected chi connectivity index (χ1v) is 4.39. The largest absolute Gasteiger partial charge is 0.478 e. The Labute approximate surface area is 91.5 Å². The van der Waals surface area contributed by atoms with Crippen LogP contribution in [0.5, 0.6) is 0 Å². The van der Waals surface area contributed by atoms with Gasteiger partial charge in [-0.05, 0) is 18.2 Å². The number of nitrogens with zero attached hydrogens (tertiary/aromatic N) is 1. The zero-order valence-corrected chi connectivity index (χ0v) is 8.48. The van der Waals surface area contributed by atoms with Crippen LogP contribution in [-0.2, 0) is 0 Å². The van der Waals surface area contributed by atoms with E-state index in [1.54, 1.807) is 6.07 Å². The highest BCUT2D eigenvalue weighted by atomic mass is 35.5. The van der Waals surface area contributed by atoms with Crippen LogP contribution >= 0.6 is 11.6 Å². The van der Waals surface area contributed by atoms with Crippen molar-refractivity contribution in [2.45, 2.75) is 0 Å². The van der Waals surface area contributed by atoms with E-state index in [-0.39, 0.29) is 5.56 Å². The molecule has 0 aromatic heterocycles. The van der Waals surface area contributed by atoms with Crippen molar-refractivity contribution in [1.29, 1.82) is 0 Å². The van der Waals surface area contributed by atoms with Crippen LogP contribution in [-0.4, -0.2) is 11.1 Å². The van der Waals surface area contributed by atoms with E-state index in [0.29, 0.717) is 10.7 Å². The third-order valence-electron chi connectivity index (χ3n) is 1.71. The van der Waals surface area contributed by atoms with Crippen LogP contribution < -0.4 is 16.6 Å². The highest BCUT2D eigenvalue weighted by molar-refractivity contribution is 6.31. The maximum absolute atomic E-state index is 10.9. The molecule has 0 saturated carbocycles. The van der Waals surface area contributed by atoms with Crippen molar-refractivity contribution in [2.24, 2.45) is 11.6 Å². The third kappa shape index (κ3) is 2.61. The van der Waals surface area contributed by atoms with Gasteiger partial charge in [0.1, 0.15) is 0 Å². The van der Waals surface area contributed by atoms with Gasteiger partial charge in [-0.25, -0.2) is 10.6 Å². The average Bonchev–Trinajstić information content (AvgIpc) is 2.17. The van der Waals surface area contributed by atoms with Crippen molar-refractivity contribution in [1.82, 2.24) is 0 Å². The summed E-state index contributed by atoms with van der Waals surface area (Å²) in [6.07, 6.45) is 2.55. The molecule has 0 aliphatic rings. The van der Waals surface area contributed by atoms with Crippen molar-refractivity contribution in [2.75, 3.05) is 5.01 Å². The second kappa shape index (κ2) is 4.68. The van der Waals surface area contributed by atoms with Gasteiger partial charge in [0.05, 0.1) is 11.3 Å². The number of rotatable bonds is 3. The van der Waals surface area contributed by atoms with Gasteiger partial charge in [-0.1, -0.05) is 11.6 Å². The van der Waals surface area contributed by atoms with Crippen LogP contribution in [0.15, 0.2) is 30.6 Å². The van der Waals surface area contributed by atoms with Gasteiger partial charge in [-0.15, -0.1) is 0 Å². The predicted octanol–water partition coefficient (Wildman–Crippen LogP) is 1.15. The summed E-state index contributed by atoms with van der Waals surface area (Å²) < 4.78 is 0. The minimum Gasteiger partial charge on any atom is -0.478 e. The van der Waals surface area contributed by atoms with E-state index in [1.807, 2.05) is 0 Å². The molecule has 1 aromatic rings. The van der Waals surface area contributed by atoms with Crippen molar-refractivity contribution in [3.8, 4) is 0 Å². The summed E-state index contributed by atoms with van der Waals surface area (Å²) in [6.45, 7) is 0. The molecule has 0 unspecified atom stereocenters. The van der Waals surface area contributed by atoms with E-state index >= 15 is 0 Å². The Hall–Kier alpha value is -1.72. The second-order valence-electron chi connectivity index (χ2n) is 2.72. The van der Waals surface area contributed by atoms with Gasteiger partial charge in [0.25, 0.3) is 0 Å². The van der Waals surface area contributed by atoms with Gasteiger partial charge in [0.2, 0.25) is 0 Å². The summed E-state index contributed by atoms with van der Waals surface area (Å²) in [5.74, 6) is 4.45. The molecule has 15 heavy (non-hydrogen) atoms. The zero-order valence-electron chi connectivity index (χ0n) is 7.72. The molecule has 0 atom stereocenters. The average molecular weight is 228 g/mol. The molecule has 1 rings (SSSR count). The highest BCUT2D eigenvalue weighted by Crippen LogP contribution is 2.22. The number of benzene rings is 1. The number of carboxylic acids is 1. The SMILES string of the molecule is N/C=C\N(N)c1ccc(Cl)cc1C(=O)O. The number of hydrogen-bond donors (Lipinski definition) is 3. The lowest BCUT2D eigenvalue weighted by Crippen LogP contribution is -2.26. The van der Waals surface area contributed by atoms with E-state index < -0.39 is 5.97 Å². The Kier molecular flexibility index (Phi) is 3.54. The molecule has 1 aromatic carbocycles. The van der Waals surface area contributed by atoms with Gasteiger partial charge in [-0.2, -0.15) is 0 Å². The van der Waals surface area contributed by atoms with Crippen LogP contribution in [0.1, 0.15) is 10.4 Å². The fraction of sp³-hybridized carbons (Fsp3) is 0. The van der Waals surface area contributed by atoms with E-state index in [9.17, 15) is 4.79 Å². The van der Waals surface area contributed by atoms with E-state index in [0.717, 1.165) is 5.01 Å². The first-order valence-electron chi connectivity index (χ1n) is 4.01. The maximum Gasteiger partial charge on any atom is 0.337 e. The summed E-state index contributed by atoms with van der Waals surface area (Å²) >= 11 is 5.68. The fourth-order valence-corrected chi connectivity index (χ4v) is 1.25. The maximum atomic E-state index is 10.9. The molecule has 6 heteroatoms. The monoisotopic (exact) mass is 227 g/mol. The van der Waals surface area contributed by atoms with Crippen LogP contribution in [0.25, 0.3) is 0 Å². The Morgan fingerprint density at radius 2 is 2.20 bits per heavy atom. The third-order valence-corrected chi connectivity index (χ3v) is 1.95. The summed E-state index contributed by atoms with van der Waals surface area (Å²) in [7, 11) is 0. The Morgan fingerprint density at radius 3 is 2.73 bits per heavy atom. The fourth-order valence-electron chi connectivity index (χ4n) is 1.08.